The van der Waals surface area contributed by atoms with Crippen LogP contribution in [0.4, 0.5) is 0 Å². The Kier molecular flexibility index (Phi) is 4.65. The van der Waals surface area contributed by atoms with Crippen LogP contribution >= 0.6 is 11.3 Å². The maximum atomic E-state index is 11.3. The molecule has 1 atom stereocenters. The molecule has 5 heteroatoms. The van der Waals surface area contributed by atoms with Gasteiger partial charge in [0.05, 0.1) is 0 Å². The zero-order valence-corrected chi connectivity index (χ0v) is 11.5. The van der Waals surface area contributed by atoms with Crippen LogP contribution in [-0.4, -0.2) is 16.1 Å². The standard InChI is InChI=1S/C14H16N2O2S/c1-2-11-8-15-12(19-11)9-16-13(14(17)18)10-6-4-3-5-7-10/h3-8,13,16H,2,9H2,1H3,(H,17,18)/t13-/m0/s1. The number of thiazole rings is 1. The summed E-state index contributed by atoms with van der Waals surface area (Å²) in [6, 6.07) is 8.47. The molecule has 0 amide bonds. The molecular formula is C14H16N2O2S. The largest absolute Gasteiger partial charge is 0.480 e. The Hall–Kier alpha value is -1.72. The number of carboxylic acid groups (broad SMARTS) is 1. The number of carboxylic acids is 1. The van der Waals surface area contributed by atoms with Crippen molar-refractivity contribution in [1.29, 1.82) is 0 Å². The third kappa shape index (κ3) is 3.62. The van der Waals surface area contributed by atoms with Gasteiger partial charge in [-0.15, -0.1) is 11.3 Å². The predicted molar refractivity (Wildman–Crippen MR) is 75.2 cm³/mol. The average molecular weight is 276 g/mol. The Balaban J connectivity index is 2.04. The first-order chi connectivity index (χ1) is 9.20. The lowest BCUT2D eigenvalue weighted by Crippen LogP contribution is -2.27. The van der Waals surface area contributed by atoms with Gasteiger partial charge in [-0.2, -0.15) is 0 Å². The van der Waals surface area contributed by atoms with Crippen molar-refractivity contribution in [2.24, 2.45) is 0 Å². The summed E-state index contributed by atoms with van der Waals surface area (Å²) in [6.07, 6.45) is 2.80. The van der Waals surface area contributed by atoms with Gasteiger partial charge in [0, 0.05) is 17.6 Å². The average Bonchev–Trinajstić information content (AvgIpc) is 2.88. The topological polar surface area (TPSA) is 62.2 Å². The van der Waals surface area contributed by atoms with Crippen LogP contribution in [0.15, 0.2) is 36.5 Å². The van der Waals surface area contributed by atoms with Crippen LogP contribution in [0, 0.1) is 0 Å². The van der Waals surface area contributed by atoms with Gasteiger partial charge in [-0.3, -0.25) is 10.1 Å². The van der Waals surface area contributed by atoms with Gasteiger partial charge in [0.2, 0.25) is 0 Å². The van der Waals surface area contributed by atoms with Crippen LogP contribution in [0.1, 0.15) is 28.4 Å². The summed E-state index contributed by atoms with van der Waals surface area (Å²) in [5.41, 5.74) is 0.752. The molecule has 0 aliphatic carbocycles. The van der Waals surface area contributed by atoms with E-state index in [1.165, 1.54) is 4.88 Å². The molecule has 0 aliphatic heterocycles. The fraction of sp³-hybridized carbons (Fsp3) is 0.286. The first kappa shape index (κ1) is 13.7. The second kappa shape index (κ2) is 6.45. The van der Waals surface area contributed by atoms with Crippen LogP contribution in [0.25, 0.3) is 0 Å². The third-order valence-electron chi connectivity index (χ3n) is 2.79. The Labute approximate surface area is 116 Å². The number of hydrogen-bond donors (Lipinski definition) is 2. The first-order valence-electron chi connectivity index (χ1n) is 6.15. The van der Waals surface area contributed by atoms with Gasteiger partial charge in [-0.1, -0.05) is 37.3 Å². The van der Waals surface area contributed by atoms with E-state index in [1.54, 1.807) is 11.3 Å². The van der Waals surface area contributed by atoms with E-state index in [-0.39, 0.29) is 0 Å². The molecule has 1 aromatic heterocycles. The maximum Gasteiger partial charge on any atom is 0.325 e. The summed E-state index contributed by atoms with van der Waals surface area (Å²) in [5.74, 6) is -0.876. The van der Waals surface area contributed by atoms with Gasteiger partial charge < -0.3 is 5.11 Å². The van der Waals surface area contributed by atoms with Crippen LogP contribution < -0.4 is 5.32 Å². The molecule has 4 nitrogen and oxygen atoms in total. The molecule has 0 fully saturated rings. The number of aromatic nitrogens is 1. The Morgan fingerprint density at radius 1 is 1.42 bits per heavy atom. The number of aryl methyl sites for hydroxylation is 1. The SMILES string of the molecule is CCc1cnc(CN[C@H](C(=O)O)c2ccccc2)s1. The molecule has 0 radical (unpaired) electrons. The van der Waals surface area contributed by atoms with Crippen molar-refractivity contribution < 1.29 is 9.90 Å². The van der Waals surface area contributed by atoms with E-state index in [1.807, 2.05) is 36.5 Å². The molecule has 2 N–H and O–H groups in total. The summed E-state index contributed by atoms with van der Waals surface area (Å²) in [4.78, 5) is 16.8. The number of nitrogens with zero attached hydrogens (tertiary/aromatic N) is 1. The highest BCUT2D eigenvalue weighted by Crippen LogP contribution is 2.16. The zero-order valence-electron chi connectivity index (χ0n) is 10.7. The van der Waals surface area contributed by atoms with Crippen LogP contribution in [0.2, 0.25) is 0 Å². The number of nitrogens with one attached hydrogen (secondary N) is 1. The van der Waals surface area contributed by atoms with E-state index in [0.29, 0.717) is 6.54 Å². The van der Waals surface area contributed by atoms with Crippen molar-refractivity contribution in [1.82, 2.24) is 10.3 Å². The van der Waals surface area contributed by atoms with Crippen molar-refractivity contribution in [3.63, 3.8) is 0 Å². The van der Waals surface area contributed by atoms with Gasteiger partial charge in [0.25, 0.3) is 0 Å². The predicted octanol–water partition coefficient (Wildman–Crippen LogP) is 2.62. The molecule has 1 heterocycles. The summed E-state index contributed by atoms with van der Waals surface area (Å²) < 4.78 is 0. The fourth-order valence-electron chi connectivity index (χ4n) is 1.78. The summed E-state index contributed by atoms with van der Waals surface area (Å²) >= 11 is 1.62. The monoisotopic (exact) mass is 276 g/mol. The molecule has 0 bridgehead atoms. The Bertz CT molecular complexity index is 539. The van der Waals surface area contributed by atoms with Crippen molar-refractivity contribution in [3.8, 4) is 0 Å². The number of carbonyl (C=O) groups is 1. The number of rotatable bonds is 6. The highest BCUT2D eigenvalue weighted by atomic mass is 32.1. The Morgan fingerprint density at radius 2 is 2.16 bits per heavy atom. The van der Waals surface area contributed by atoms with E-state index < -0.39 is 12.0 Å². The second-order valence-corrected chi connectivity index (χ2v) is 5.34. The minimum atomic E-state index is -0.876. The van der Waals surface area contributed by atoms with E-state index >= 15 is 0 Å². The zero-order chi connectivity index (χ0) is 13.7. The molecule has 100 valence electrons. The van der Waals surface area contributed by atoms with Gasteiger partial charge >= 0.3 is 5.97 Å². The molecular weight excluding hydrogens is 260 g/mol. The highest BCUT2D eigenvalue weighted by Gasteiger charge is 2.19. The molecule has 19 heavy (non-hydrogen) atoms. The normalized spacial score (nSPS) is 12.3. The van der Waals surface area contributed by atoms with Gasteiger partial charge in [-0.05, 0) is 12.0 Å². The van der Waals surface area contributed by atoms with E-state index in [2.05, 4.69) is 17.2 Å². The van der Waals surface area contributed by atoms with Crippen molar-refractivity contribution >= 4 is 17.3 Å². The molecule has 0 saturated carbocycles. The number of hydrogen-bond acceptors (Lipinski definition) is 4. The van der Waals surface area contributed by atoms with E-state index in [4.69, 9.17) is 0 Å². The molecule has 2 rings (SSSR count). The summed E-state index contributed by atoms with van der Waals surface area (Å²) in [7, 11) is 0. The van der Waals surface area contributed by atoms with Gasteiger partial charge in [0.1, 0.15) is 11.0 Å². The van der Waals surface area contributed by atoms with Crippen molar-refractivity contribution in [3.05, 3.63) is 52.0 Å². The summed E-state index contributed by atoms with van der Waals surface area (Å²) in [6.45, 7) is 2.55. The lowest BCUT2D eigenvalue weighted by atomic mass is 10.1. The van der Waals surface area contributed by atoms with Gasteiger partial charge in [-0.25, -0.2) is 4.98 Å². The lowest BCUT2D eigenvalue weighted by molar-refractivity contribution is -0.139. The molecule has 0 unspecified atom stereocenters. The van der Waals surface area contributed by atoms with Crippen molar-refractivity contribution in [2.45, 2.75) is 25.9 Å². The van der Waals surface area contributed by atoms with Crippen LogP contribution in [0.5, 0.6) is 0 Å². The van der Waals surface area contributed by atoms with E-state index in [9.17, 15) is 9.90 Å². The van der Waals surface area contributed by atoms with Gasteiger partial charge in [0.15, 0.2) is 0 Å². The minimum absolute atomic E-state index is 0.469. The van der Waals surface area contributed by atoms with Crippen molar-refractivity contribution in [2.75, 3.05) is 0 Å². The van der Waals surface area contributed by atoms with E-state index in [0.717, 1.165) is 17.0 Å². The number of benzene rings is 1. The number of aliphatic carboxylic acids is 1. The quantitative estimate of drug-likeness (QED) is 0.851. The highest BCUT2D eigenvalue weighted by molar-refractivity contribution is 7.11. The summed E-state index contributed by atoms with van der Waals surface area (Å²) in [5, 5.41) is 13.2. The Morgan fingerprint density at radius 3 is 2.74 bits per heavy atom. The second-order valence-electron chi connectivity index (χ2n) is 4.14. The molecule has 1 aromatic carbocycles. The molecule has 0 saturated heterocycles. The molecule has 2 aromatic rings. The minimum Gasteiger partial charge on any atom is -0.480 e. The lowest BCUT2D eigenvalue weighted by Gasteiger charge is -2.13. The smallest absolute Gasteiger partial charge is 0.325 e. The maximum absolute atomic E-state index is 11.3. The third-order valence-corrected chi connectivity index (χ3v) is 3.93. The fourth-order valence-corrected chi connectivity index (χ4v) is 2.59. The van der Waals surface area contributed by atoms with Crippen LogP contribution in [0.3, 0.4) is 0 Å². The molecule has 0 aliphatic rings. The molecule has 0 spiro atoms. The van der Waals surface area contributed by atoms with Crippen LogP contribution in [-0.2, 0) is 17.8 Å². The first-order valence-corrected chi connectivity index (χ1v) is 6.97.